The van der Waals surface area contributed by atoms with Crippen molar-refractivity contribution in [2.24, 2.45) is 11.7 Å². The predicted molar refractivity (Wildman–Crippen MR) is 78.4 cm³/mol. The van der Waals surface area contributed by atoms with Gasteiger partial charge in [0.1, 0.15) is 0 Å². The standard InChI is InChI=1S/C13H17BrN2O2S/c1-6-5-8(19-12(6)14)13(17)16-10-9(15)7-3-2-4-18-11(7)10/h5,7,9-11H,2-4,15H2,1H3,(H,16,17). The predicted octanol–water partition coefficient (Wildman–Crippen LogP) is 2.05. The molecule has 0 bridgehead atoms. The van der Waals surface area contributed by atoms with Crippen LogP contribution in [0.4, 0.5) is 0 Å². The van der Waals surface area contributed by atoms with Gasteiger partial charge in [0.05, 0.1) is 20.8 Å². The van der Waals surface area contributed by atoms with Crippen LogP contribution in [0.3, 0.4) is 0 Å². The second-order valence-electron chi connectivity index (χ2n) is 5.29. The van der Waals surface area contributed by atoms with E-state index < -0.39 is 0 Å². The minimum Gasteiger partial charge on any atom is -0.376 e. The number of carbonyl (C=O) groups excluding carboxylic acids is 1. The van der Waals surface area contributed by atoms with Gasteiger partial charge in [-0.05, 0) is 47.3 Å². The topological polar surface area (TPSA) is 64.4 Å². The largest absolute Gasteiger partial charge is 0.376 e. The molecule has 1 aromatic heterocycles. The van der Waals surface area contributed by atoms with Crippen molar-refractivity contribution in [3.63, 3.8) is 0 Å². The average molecular weight is 345 g/mol. The molecule has 4 unspecified atom stereocenters. The summed E-state index contributed by atoms with van der Waals surface area (Å²) in [4.78, 5) is 12.9. The summed E-state index contributed by atoms with van der Waals surface area (Å²) < 4.78 is 6.73. The number of halogens is 1. The van der Waals surface area contributed by atoms with E-state index in [9.17, 15) is 4.79 Å². The Hall–Kier alpha value is -0.430. The lowest BCUT2D eigenvalue weighted by Crippen LogP contribution is -2.72. The van der Waals surface area contributed by atoms with E-state index in [1.54, 1.807) is 0 Å². The Kier molecular flexibility index (Phi) is 3.68. The van der Waals surface area contributed by atoms with E-state index in [-0.39, 0.29) is 24.1 Å². The smallest absolute Gasteiger partial charge is 0.261 e. The van der Waals surface area contributed by atoms with E-state index in [0.29, 0.717) is 5.92 Å². The van der Waals surface area contributed by atoms with Gasteiger partial charge >= 0.3 is 0 Å². The number of amides is 1. The van der Waals surface area contributed by atoms with Crippen LogP contribution in [0.25, 0.3) is 0 Å². The molecule has 6 heteroatoms. The summed E-state index contributed by atoms with van der Waals surface area (Å²) in [6, 6.07) is 1.88. The Labute approximate surface area is 124 Å². The molecule has 4 nitrogen and oxygen atoms in total. The lowest BCUT2D eigenvalue weighted by molar-refractivity contribution is -0.117. The van der Waals surface area contributed by atoms with Gasteiger partial charge in [0.25, 0.3) is 5.91 Å². The Morgan fingerprint density at radius 2 is 2.42 bits per heavy atom. The lowest BCUT2D eigenvalue weighted by Gasteiger charge is -2.52. The zero-order chi connectivity index (χ0) is 13.6. The number of hydrogen-bond acceptors (Lipinski definition) is 4. The molecule has 0 spiro atoms. The van der Waals surface area contributed by atoms with E-state index in [4.69, 9.17) is 10.5 Å². The molecule has 1 saturated carbocycles. The summed E-state index contributed by atoms with van der Waals surface area (Å²) in [7, 11) is 0. The maximum atomic E-state index is 12.2. The molecular formula is C13H17BrN2O2S. The Morgan fingerprint density at radius 1 is 1.63 bits per heavy atom. The van der Waals surface area contributed by atoms with Crippen molar-refractivity contribution in [3.8, 4) is 0 Å². The minimum absolute atomic E-state index is 0.0266. The van der Waals surface area contributed by atoms with Crippen molar-refractivity contribution in [1.29, 1.82) is 0 Å². The van der Waals surface area contributed by atoms with E-state index in [2.05, 4.69) is 21.2 Å². The molecule has 2 aliphatic rings. The van der Waals surface area contributed by atoms with Gasteiger partial charge in [0, 0.05) is 18.6 Å². The third-order valence-electron chi connectivity index (χ3n) is 4.06. The molecule has 1 saturated heterocycles. The number of nitrogens with two attached hydrogens (primary N) is 1. The average Bonchev–Trinajstić information content (AvgIpc) is 2.75. The molecule has 2 heterocycles. The van der Waals surface area contributed by atoms with Crippen LogP contribution in [0, 0.1) is 12.8 Å². The van der Waals surface area contributed by atoms with Crippen LogP contribution in [0.2, 0.25) is 0 Å². The van der Waals surface area contributed by atoms with Crippen LogP contribution in [0.1, 0.15) is 28.1 Å². The molecular weight excluding hydrogens is 328 g/mol. The van der Waals surface area contributed by atoms with Crippen molar-refractivity contribution in [1.82, 2.24) is 5.32 Å². The van der Waals surface area contributed by atoms with Gasteiger partial charge < -0.3 is 15.8 Å². The number of carbonyl (C=O) groups is 1. The van der Waals surface area contributed by atoms with Gasteiger partial charge in [-0.2, -0.15) is 0 Å². The molecule has 2 fully saturated rings. The van der Waals surface area contributed by atoms with Gasteiger partial charge in [0.15, 0.2) is 0 Å². The quantitative estimate of drug-likeness (QED) is 0.862. The van der Waals surface area contributed by atoms with Crippen molar-refractivity contribution in [2.45, 2.75) is 38.0 Å². The maximum Gasteiger partial charge on any atom is 0.261 e. The summed E-state index contributed by atoms with van der Waals surface area (Å²) in [5.41, 5.74) is 7.22. The van der Waals surface area contributed by atoms with Crippen LogP contribution in [-0.4, -0.2) is 30.7 Å². The molecule has 1 aromatic rings. The molecule has 1 aliphatic carbocycles. The fraction of sp³-hybridized carbons (Fsp3) is 0.615. The second-order valence-corrected chi connectivity index (χ2v) is 7.66. The molecule has 1 amide bonds. The lowest BCUT2D eigenvalue weighted by atomic mass is 9.68. The number of thiophene rings is 1. The van der Waals surface area contributed by atoms with Crippen molar-refractivity contribution < 1.29 is 9.53 Å². The number of rotatable bonds is 2. The van der Waals surface area contributed by atoms with Gasteiger partial charge in [-0.1, -0.05) is 0 Å². The molecule has 3 rings (SSSR count). The van der Waals surface area contributed by atoms with Gasteiger partial charge in [-0.15, -0.1) is 11.3 Å². The molecule has 0 radical (unpaired) electrons. The highest BCUT2D eigenvalue weighted by atomic mass is 79.9. The summed E-state index contributed by atoms with van der Waals surface area (Å²) in [6.45, 7) is 2.76. The normalized spacial score (nSPS) is 33.4. The van der Waals surface area contributed by atoms with Gasteiger partial charge in [-0.25, -0.2) is 0 Å². The first kappa shape index (κ1) is 13.5. The minimum atomic E-state index is -0.0492. The monoisotopic (exact) mass is 344 g/mol. The van der Waals surface area contributed by atoms with Gasteiger partial charge in [-0.3, -0.25) is 4.79 Å². The van der Waals surface area contributed by atoms with E-state index in [1.165, 1.54) is 11.3 Å². The molecule has 0 aromatic carbocycles. The Morgan fingerprint density at radius 3 is 3.11 bits per heavy atom. The fourth-order valence-corrected chi connectivity index (χ4v) is 4.36. The number of hydrogen-bond donors (Lipinski definition) is 2. The summed E-state index contributed by atoms with van der Waals surface area (Å²) in [5, 5.41) is 3.02. The summed E-state index contributed by atoms with van der Waals surface area (Å²) >= 11 is 4.89. The van der Waals surface area contributed by atoms with Gasteiger partial charge in [0.2, 0.25) is 0 Å². The van der Waals surface area contributed by atoms with Crippen molar-refractivity contribution >= 4 is 33.2 Å². The number of nitrogens with one attached hydrogen (secondary N) is 1. The summed E-state index contributed by atoms with van der Waals surface area (Å²) in [6.07, 6.45) is 2.30. The number of aryl methyl sites for hydroxylation is 1. The second kappa shape index (κ2) is 5.16. The first-order chi connectivity index (χ1) is 9.08. The number of fused-ring (bicyclic) bond motifs is 1. The van der Waals surface area contributed by atoms with Crippen LogP contribution >= 0.6 is 27.3 Å². The Balaban J connectivity index is 1.66. The highest BCUT2D eigenvalue weighted by Gasteiger charge is 2.51. The zero-order valence-electron chi connectivity index (χ0n) is 10.7. The molecule has 3 N–H and O–H groups in total. The highest BCUT2D eigenvalue weighted by Crippen LogP contribution is 2.37. The highest BCUT2D eigenvalue weighted by molar-refractivity contribution is 9.11. The first-order valence-corrected chi connectivity index (χ1v) is 8.13. The van der Waals surface area contributed by atoms with E-state index in [1.807, 2.05) is 13.0 Å². The third kappa shape index (κ3) is 2.35. The van der Waals surface area contributed by atoms with E-state index in [0.717, 1.165) is 33.7 Å². The van der Waals surface area contributed by atoms with E-state index >= 15 is 0 Å². The SMILES string of the molecule is Cc1cc(C(=O)NC2C(N)C3CCCOC32)sc1Br. The van der Waals surface area contributed by atoms with Crippen LogP contribution in [0.5, 0.6) is 0 Å². The summed E-state index contributed by atoms with van der Waals surface area (Å²) in [5.74, 6) is 0.364. The Bertz CT molecular complexity index is 485. The fourth-order valence-electron chi connectivity index (χ4n) is 2.92. The molecule has 1 aliphatic heterocycles. The molecule has 104 valence electrons. The first-order valence-electron chi connectivity index (χ1n) is 6.52. The van der Waals surface area contributed by atoms with Crippen LogP contribution in [0.15, 0.2) is 9.85 Å². The van der Waals surface area contributed by atoms with Crippen LogP contribution in [-0.2, 0) is 4.74 Å². The van der Waals surface area contributed by atoms with Crippen molar-refractivity contribution in [2.75, 3.05) is 6.61 Å². The van der Waals surface area contributed by atoms with Crippen molar-refractivity contribution in [3.05, 3.63) is 20.3 Å². The third-order valence-corrected chi connectivity index (χ3v) is 6.19. The molecule has 19 heavy (non-hydrogen) atoms. The molecule has 4 atom stereocenters. The maximum absolute atomic E-state index is 12.2. The zero-order valence-corrected chi connectivity index (χ0v) is 13.1. The number of ether oxygens (including phenoxy) is 1. The van der Waals surface area contributed by atoms with Crippen LogP contribution < -0.4 is 11.1 Å².